The molecule has 3 atom stereocenters. The summed E-state index contributed by atoms with van der Waals surface area (Å²) < 4.78 is 0. The van der Waals surface area contributed by atoms with E-state index in [0.717, 1.165) is 12.8 Å². The molecule has 1 aliphatic heterocycles. The summed E-state index contributed by atoms with van der Waals surface area (Å²) in [5.74, 6) is 1.42. The molecule has 1 saturated carbocycles. The van der Waals surface area contributed by atoms with E-state index >= 15 is 0 Å². The van der Waals surface area contributed by atoms with E-state index < -0.39 is 0 Å². The van der Waals surface area contributed by atoms with E-state index in [0.29, 0.717) is 24.2 Å². The summed E-state index contributed by atoms with van der Waals surface area (Å²) >= 11 is 0. The van der Waals surface area contributed by atoms with Gasteiger partial charge in [0.1, 0.15) is 11.4 Å². The zero-order valence-corrected chi connectivity index (χ0v) is 10.6. The third kappa shape index (κ3) is 1.58. The molecule has 0 aromatic heterocycles. The van der Waals surface area contributed by atoms with Crippen molar-refractivity contribution in [2.24, 2.45) is 22.6 Å². The summed E-state index contributed by atoms with van der Waals surface area (Å²) in [6.45, 7) is 8.66. The summed E-state index contributed by atoms with van der Waals surface area (Å²) in [4.78, 5) is 17.7. The number of hydrogen-bond acceptors (Lipinski definition) is 2. The molecule has 2 rings (SSSR count). The minimum atomic E-state index is -0.358. The average Bonchev–Trinajstić information content (AvgIpc) is 2.51. The van der Waals surface area contributed by atoms with Crippen LogP contribution >= 0.6 is 0 Å². The van der Waals surface area contributed by atoms with E-state index in [1.54, 1.807) is 11.0 Å². The molecule has 1 aliphatic carbocycles. The van der Waals surface area contributed by atoms with Crippen molar-refractivity contribution in [1.29, 1.82) is 0 Å². The number of carbonyl (C=O) groups excluding carboxylic acids is 1. The maximum absolute atomic E-state index is 11.9. The van der Waals surface area contributed by atoms with Crippen molar-refractivity contribution in [2.45, 2.75) is 38.6 Å². The van der Waals surface area contributed by atoms with E-state index in [-0.39, 0.29) is 11.6 Å². The predicted molar refractivity (Wildman–Crippen MR) is 68.8 cm³/mol. The summed E-state index contributed by atoms with van der Waals surface area (Å²) in [6, 6.07) is -0.205. The van der Waals surface area contributed by atoms with Gasteiger partial charge in [0.25, 0.3) is 0 Å². The van der Waals surface area contributed by atoms with Crippen molar-refractivity contribution >= 4 is 11.9 Å². The van der Waals surface area contributed by atoms with Crippen molar-refractivity contribution < 1.29 is 4.79 Å². The van der Waals surface area contributed by atoms with Gasteiger partial charge in [-0.2, -0.15) is 4.99 Å². The Labute approximate surface area is 103 Å². The highest BCUT2D eigenvalue weighted by Crippen LogP contribution is 2.44. The maximum Gasteiger partial charge on any atom is 0.346 e. The van der Waals surface area contributed by atoms with Gasteiger partial charge < -0.3 is 10.6 Å². The van der Waals surface area contributed by atoms with Crippen molar-refractivity contribution in [2.75, 3.05) is 6.54 Å². The Bertz CT molecular complexity index is 377. The van der Waals surface area contributed by atoms with Crippen LogP contribution < -0.4 is 5.73 Å². The molecule has 2 aliphatic rings. The molecular weight excluding hydrogens is 214 g/mol. The quantitative estimate of drug-likeness (QED) is 0.746. The highest BCUT2D eigenvalue weighted by atomic mass is 16.2. The largest absolute Gasteiger partial charge is 0.385 e. The van der Waals surface area contributed by atoms with Gasteiger partial charge in [-0.25, -0.2) is 4.79 Å². The van der Waals surface area contributed by atoms with Crippen LogP contribution in [0, 0.1) is 11.8 Å². The van der Waals surface area contributed by atoms with Gasteiger partial charge in [0.2, 0.25) is 0 Å². The minimum absolute atomic E-state index is 0.205. The number of hydrogen-bond donors (Lipinski definition) is 1. The van der Waals surface area contributed by atoms with Crippen molar-refractivity contribution in [3.05, 3.63) is 12.7 Å². The molecule has 0 bridgehead atoms. The Morgan fingerprint density at radius 1 is 1.65 bits per heavy atom. The molecule has 4 nitrogen and oxygen atoms in total. The topological polar surface area (TPSA) is 58.7 Å². The number of amides is 2. The van der Waals surface area contributed by atoms with Gasteiger partial charge >= 0.3 is 6.03 Å². The first-order chi connectivity index (χ1) is 8.04. The van der Waals surface area contributed by atoms with Crippen LogP contribution in [-0.2, 0) is 0 Å². The third-order valence-corrected chi connectivity index (χ3v) is 4.51. The Balaban J connectivity index is 2.40. The lowest BCUT2D eigenvalue weighted by molar-refractivity contribution is 0.0792. The zero-order valence-electron chi connectivity index (χ0n) is 10.6. The average molecular weight is 235 g/mol. The Morgan fingerprint density at radius 3 is 3.00 bits per heavy atom. The third-order valence-electron chi connectivity index (χ3n) is 4.51. The lowest BCUT2D eigenvalue weighted by Gasteiger charge is -2.47. The predicted octanol–water partition coefficient (Wildman–Crippen LogP) is 2.16. The SMILES string of the molecule is C=CCN1C(=O)N=C(N)C12CCCC(C)C2C. The van der Waals surface area contributed by atoms with Gasteiger partial charge in [-0.15, -0.1) is 6.58 Å². The number of nitrogens with zero attached hydrogens (tertiary/aromatic N) is 2. The first-order valence-electron chi connectivity index (χ1n) is 6.31. The molecule has 1 fully saturated rings. The number of carbonyl (C=O) groups is 1. The van der Waals surface area contributed by atoms with E-state index in [2.05, 4.69) is 25.4 Å². The fraction of sp³-hybridized carbons (Fsp3) is 0.692. The molecule has 0 aromatic rings. The summed E-state index contributed by atoms with van der Waals surface area (Å²) in [6.07, 6.45) is 4.97. The van der Waals surface area contributed by atoms with Crippen LogP contribution in [-0.4, -0.2) is 28.9 Å². The Morgan fingerprint density at radius 2 is 2.35 bits per heavy atom. The summed E-state index contributed by atoms with van der Waals surface area (Å²) in [7, 11) is 0. The molecule has 3 unspecified atom stereocenters. The molecule has 2 amide bonds. The van der Waals surface area contributed by atoms with Gasteiger partial charge in [-0.1, -0.05) is 32.8 Å². The van der Waals surface area contributed by atoms with E-state index in [4.69, 9.17) is 5.73 Å². The van der Waals surface area contributed by atoms with E-state index in [1.807, 2.05) is 0 Å². The lowest BCUT2D eigenvalue weighted by atomic mass is 9.67. The molecule has 4 heteroatoms. The molecule has 1 spiro atoms. The second-order valence-electron chi connectivity index (χ2n) is 5.26. The van der Waals surface area contributed by atoms with Crippen LogP contribution in [0.5, 0.6) is 0 Å². The standard InChI is InChI=1S/C13H21N3O/c1-4-8-16-12(17)15-11(14)13(16)7-5-6-9(2)10(13)3/h4,9-10H,1,5-8H2,2-3H3,(H2,14,15,17). The molecular formula is C13H21N3O. The Kier molecular flexibility index (Phi) is 2.98. The maximum atomic E-state index is 11.9. The second kappa shape index (κ2) is 4.17. The minimum Gasteiger partial charge on any atom is -0.385 e. The normalized spacial score (nSPS) is 37.4. The molecule has 0 radical (unpaired) electrons. The van der Waals surface area contributed by atoms with Crippen LogP contribution in [0.15, 0.2) is 17.6 Å². The van der Waals surface area contributed by atoms with Gasteiger partial charge in [-0.05, 0) is 18.3 Å². The Hall–Kier alpha value is -1.32. The van der Waals surface area contributed by atoms with Gasteiger partial charge in [0.15, 0.2) is 0 Å². The molecule has 0 aromatic carbocycles. The fourth-order valence-corrected chi connectivity index (χ4v) is 3.32. The lowest BCUT2D eigenvalue weighted by Crippen LogP contribution is -2.61. The van der Waals surface area contributed by atoms with Crippen LogP contribution in [0.1, 0.15) is 33.1 Å². The van der Waals surface area contributed by atoms with Gasteiger partial charge in [0, 0.05) is 6.54 Å². The summed E-state index contributed by atoms with van der Waals surface area (Å²) in [5.41, 5.74) is 5.70. The molecule has 2 N–H and O–H groups in total. The molecule has 0 saturated heterocycles. The second-order valence-corrected chi connectivity index (χ2v) is 5.26. The number of amidine groups is 1. The number of urea groups is 1. The van der Waals surface area contributed by atoms with E-state index in [9.17, 15) is 4.79 Å². The zero-order chi connectivity index (χ0) is 12.6. The van der Waals surface area contributed by atoms with Crippen LogP contribution in [0.25, 0.3) is 0 Å². The van der Waals surface area contributed by atoms with Crippen LogP contribution in [0.3, 0.4) is 0 Å². The molecule has 17 heavy (non-hydrogen) atoms. The smallest absolute Gasteiger partial charge is 0.346 e. The van der Waals surface area contributed by atoms with E-state index in [1.165, 1.54) is 6.42 Å². The highest BCUT2D eigenvalue weighted by Gasteiger charge is 2.54. The first kappa shape index (κ1) is 12.1. The van der Waals surface area contributed by atoms with Crippen molar-refractivity contribution in [3.8, 4) is 0 Å². The fourth-order valence-electron chi connectivity index (χ4n) is 3.32. The monoisotopic (exact) mass is 235 g/mol. The number of rotatable bonds is 2. The van der Waals surface area contributed by atoms with Crippen LogP contribution in [0.2, 0.25) is 0 Å². The number of aliphatic imine (C=N–C) groups is 1. The summed E-state index contributed by atoms with van der Waals surface area (Å²) in [5, 5.41) is 0. The van der Waals surface area contributed by atoms with Gasteiger partial charge in [0.05, 0.1) is 0 Å². The molecule has 1 heterocycles. The first-order valence-corrected chi connectivity index (χ1v) is 6.31. The van der Waals surface area contributed by atoms with Crippen molar-refractivity contribution in [3.63, 3.8) is 0 Å². The number of nitrogens with two attached hydrogens (primary N) is 1. The van der Waals surface area contributed by atoms with Crippen LogP contribution in [0.4, 0.5) is 4.79 Å². The van der Waals surface area contributed by atoms with Gasteiger partial charge in [-0.3, -0.25) is 0 Å². The van der Waals surface area contributed by atoms with Crippen molar-refractivity contribution in [1.82, 2.24) is 4.90 Å². The highest BCUT2D eigenvalue weighted by molar-refractivity contribution is 6.06. The molecule has 94 valence electrons.